The third-order valence-corrected chi connectivity index (χ3v) is 3.53. The number of hydrogen-bond donors (Lipinski definition) is 1. The van der Waals surface area contributed by atoms with Gasteiger partial charge in [-0.15, -0.1) is 5.10 Å². The van der Waals surface area contributed by atoms with Crippen molar-refractivity contribution in [3.05, 3.63) is 53.0 Å². The van der Waals surface area contributed by atoms with E-state index in [2.05, 4.69) is 26.0 Å². The predicted octanol–water partition coefficient (Wildman–Crippen LogP) is 1.83. The van der Waals surface area contributed by atoms with Crippen molar-refractivity contribution >= 4 is 11.8 Å². The number of hydrogen-bond acceptors (Lipinski definition) is 6. The van der Waals surface area contributed by atoms with Crippen LogP contribution in [0.5, 0.6) is 0 Å². The number of anilines is 1. The van der Waals surface area contributed by atoms with Crippen molar-refractivity contribution in [3.63, 3.8) is 0 Å². The van der Waals surface area contributed by atoms with Crippen molar-refractivity contribution in [3.8, 4) is 0 Å². The van der Waals surface area contributed by atoms with Crippen molar-refractivity contribution in [1.29, 1.82) is 0 Å². The molecule has 0 aliphatic rings. The number of benzene rings is 1. The lowest BCUT2D eigenvalue weighted by Crippen LogP contribution is -2.12. The van der Waals surface area contributed by atoms with Gasteiger partial charge in [0.05, 0.1) is 12.2 Å². The number of tetrazole rings is 1. The summed E-state index contributed by atoms with van der Waals surface area (Å²) < 4.78 is 6.78. The van der Waals surface area contributed by atoms with Crippen molar-refractivity contribution in [2.75, 3.05) is 5.32 Å². The Labute approximate surface area is 132 Å². The first-order chi connectivity index (χ1) is 11.2. The van der Waals surface area contributed by atoms with Crippen LogP contribution in [0.3, 0.4) is 0 Å². The lowest BCUT2D eigenvalue weighted by atomic mass is 10.1. The van der Waals surface area contributed by atoms with Gasteiger partial charge in [-0.2, -0.15) is 0 Å². The first-order valence-corrected chi connectivity index (χ1v) is 7.23. The van der Waals surface area contributed by atoms with Gasteiger partial charge in [-0.1, -0.05) is 24.2 Å². The highest BCUT2D eigenvalue weighted by Gasteiger charge is 2.14. The number of amides is 1. The normalized spacial score (nSPS) is 10.7. The summed E-state index contributed by atoms with van der Waals surface area (Å²) in [5, 5.41) is 17.6. The molecule has 1 aromatic carbocycles. The molecule has 0 radical (unpaired) electrons. The second kappa shape index (κ2) is 6.39. The zero-order chi connectivity index (χ0) is 16.2. The molecule has 0 unspecified atom stereocenters. The van der Waals surface area contributed by atoms with Crippen LogP contribution in [0.4, 0.5) is 5.88 Å². The molecule has 0 saturated heterocycles. The zero-order valence-electron chi connectivity index (χ0n) is 12.9. The van der Waals surface area contributed by atoms with Crippen LogP contribution in [-0.2, 0) is 13.0 Å². The van der Waals surface area contributed by atoms with Crippen LogP contribution in [0, 0.1) is 6.92 Å². The van der Waals surface area contributed by atoms with Gasteiger partial charge in [0.25, 0.3) is 5.91 Å². The van der Waals surface area contributed by atoms with Gasteiger partial charge in [0.15, 0.2) is 0 Å². The Hall–Kier alpha value is -3.03. The number of carbonyl (C=O) groups is 1. The standard InChI is InChI=1S/C15H16N6O2/c1-3-13-10(2)15(23-18-13)17-14(22)12-6-4-11(5-7-12)8-21-9-16-19-20-21/h4-7,9H,3,8H2,1-2H3,(H,17,22). The number of aromatic nitrogens is 5. The predicted molar refractivity (Wildman–Crippen MR) is 81.9 cm³/mol. The fourth-order valence-corrected chi connectivity index (χ4v) is 2.19. The van der Waals surface area contributed by atoms with Crippen molar-refractivity contribution in [2.45, 2.75) is 26.8 Å². The highest BCUT2D eigenvalue weighted by atomic mass is 16.5. The Morgan fingerprint density at radius 2 is 2.09 bits per heavy atom. The second-order valence-corrected chi connectivity index (χ2v) is 5.10. The Balaban J connectivity index is 1.68. The lowest BCUT2D eigenvalue weighted by Gasteiger charge is -2.04. The first-order valence-electron chi connectivity index (χ1n) is 7.23. The molecule has 0 bridgehead atoms. The highest BCUT2D eigenvalue weighted by Crippen LogP contribution is 2.19. The minimum Gasteiger partial charge on any atom is -0.338 e. The van der Waals surface area contributed by atoms with Crippen molar-refractivity contribution in [2.24, 2.45) is 0 Å². The average Bonchev–Trinajstić information content (AvgIpc) is 3.19. The van der Waals surface area contributed by atoms with E-state index in [0.717, 1.165) is 23.2 Å². The number of aryl methyl sites for hydroxylation is 1. The smallest absolute Gasteiger partial charge is 0.258 e. The van der Waals surface area contributed by atoms with Crippen LogP contribution in [0.25, 0.3) is 0 Å². The summed E-state index contributed by atoms with van der Waals surface area (Å²) in [5.74, 6) is 0.158. The maximum Gasteiger partial charge on any atom is 0.258 e. The summed E-state index contributed by atoms with van der Waals surface area (Å²) in [6, 6.07) is 7.23. The summed E-state index contributed by atoms with van der Waals surface area (Å²) in [7, 11) is 0. The van der Waals surface area contributed by atoms with E-state index in [9.17, 15) is 4.79 Å². The minimum atomic E-state index is -0.235. The van der Waals surface area contributed by atoms with E-state index in [4.69, 9.17) is 4.52 Å². The van der Waals surface area contributed by atoms with Gasteiger partial charge in [0.2, 0.25) is 5.88 Å². The summed E-state index contributed by atoms with van der Waals surface area (Å²) >= 11 is 0. The molecule has 0 fully saturated rings. The van der Waals surface area contributed by atoms with Crippen LogP contribution in [-0.4, -0.2) is 31.3 Å². The Morgan fingerprint density at radius 3 is 2.70 bits per heavy atom. The molecule has 2 aromatic heterocycles. The molecule has 0 aliphatic heterocycles. The molecule has 0 spiro atoms. The van der Waals surface area contributed by atoms with Gasteiger partial charge < -0.3 is 4.52 Å². The summed E-state index contributed by atoms with van der Waals surface area (Å²) in [6.07, 6.45) is 2.30. The molecule has 0 atom stereocenters. The molecular weight excluding hydrogens is 296 g/mol. The van der Waals surface area contributed by atoms with Crippen LogP contribution < -0.4 is 5.32 Å². The number of nitrogens with zero attached hydrogens (tertiary/aromatic N) is 5. The van der Waals surface area contributed by atoms with E-state index < -0.39 is 0 Å². The van der Waals surface area contributed by atoms with Crippen molar-refractivity contribution in [1.82, 2.24) is 25.4 Å². The van der Waals surface area contributed by atoms with Crippen LogP contribution in [0.15, 0.2) is 35.1 Å². The van der Waals surface area contributed by atoms with E-state index in [-0.39, 0.29) is 5.91 Å². The molecule has 2 heterocycles. The fourth-order valence-electron chi connectivity index (χ4n) is 2.19. The van der Waals surface area contributed by atoms with E-state index >= 15 is 0 Å². The molecule has 118 valence electrons. The lowest BCUT2D eigenvalue weighted by molar-refractivity contribution is 0.102. The molecule has 23 heavy (non-hydrogen) atoms. The summed E-state index contributed by atoms with van der Waals surface area (Å²) in [5.41, 5.74) is 3.24. The summed E-state index contributed by atoms with van der Waals surface area (Å²) in [4.78, 5) is 12.3. The molecular formula is C15H16N6O2. The first kappa shape index (κ1) is 14.9. The van der Waals surface area contributed by atoms with Gasteiger partial charge >= 0.3 is 0 Å². The third-order valence-electron chi connectivity index (χ3n) is 3.53. The molecule has 1 N–H and O–H groups in total. The zero-order valence-corrected chi connectivity index (χ0v) is 12.9. The Bertz CT molecular complexity index is 792. The fraction of sp³-hybridized carbons (Fsp3) is 0.267. The van der Waals surface area contributed by atoms with E-state index in [1.165, 1.54) is 0 Å². The largest absolute Gasteiger partial charge is 0.338 e. The van der Waals surface area contributed by atoms with Crippen molar-refractivity contribution < 1.29 is 9.32 Å². The van der Waals surface area contributed by atoms with E-state index in [1.807, 2.05) is 26.0 Å². The van der Waals surface area contributed by atoms with Gasteiger partial charge in [-0.25, -0.2) is 4.68 Å². The van der Waals surface area contributed by atoms with Gasteiger partial charge in [0, 0.05) is 11.1 Å². The highest BCUT2D eigenvalue weighted by molar-refractivity contribution is 6.03. The van der Waals surface area contributed by atoms with Gasteiger partial charge in [-0.05, 0) is 41.5 Å². The van der Waals surface area contributed by atoms with E-state index in [0.29, 0.717) is 18.0 Å². The monoisotopic (exact) mass is 312 g/mol. The molecule has 8 heteroatoms. The number of carbonyl (C=O) groups excluding carboxylic acids is 1. The number of nitrogens with one attached hydrogen (secondary N) is 1. The van der Waals surface area contributed by atoms with Gasteiger partial charge in [-0.3, -0.25) is 10.1 Å². The molecule has 0 aliphatic carbocycles. The molecule has 1 amide bonds. The molecule has 3 aromatic rings. The Kier molecular flexibility index (Phi) is 4.13. The third kappa shape index (κ3) is 3.25. The second-order valence-electron chi connectivity index (χ2n) is 5.10. The van der Waals surface area contributed by atoms with Gasteiger partial charge in [0.1, 0.15) is 6.33 Å². The number of rotatable bonds is 5. The quantitative estimate of drug-likeness (QED) is 0.771. The molecule has 8 nitrogen and oxygen atoms in total. The maximum atomic E-state index is 12.3. The topological polar surface area (TPSA) is 98.7 Å². The SMILES string of the molecule is CCc1noc(NC(=O)c2ccc(Cn3cnnn3)cc2)c1C. The minimum absolute atomic E-state index is 0.235. The van der Waals surface area contributed by atoms with Crippen LogP contribution in [0.1, 0.15) is 34.1 Å². The van der Waals surface area contributed by atoms with E-state index in [1.54, 1.807) is 23.1 Å². The van der Waals surface area contributed by atoms with Crippen LogP contribution in [0.2, 0.25) is 0 Å². The Morgan fingerprint density at radius 1 is 1.30 bits per heavy atom. The molecule has 3 rings (SSSR count). The molecule has 0 saturated carbocycles. The summed E-state index contributed by atoms with van der Waals surface area (Å²) in [6.45, 7) is 4.41. The maximum absolute atomic E-state index is 12.3. The average molecular weight is 312 g/mol. The van der Waals surface area contributed by atoms with Crippen LogP contribution >= 0.6 is 0 Å².